The Labute approximate surface area is 257 Å². The molecule has 0 unspecified atom stereocenters. The van der Waals surface area contributed by atoms with Gasteiger partial charge in [0, 0.05) is 24.5 Å². The molecule has 10 heteroatoms. The maximum atomic E-state index is 14.0. The summed E-state index contributed by atoms with van der Waals surface area (Å²) in [5.41, 5.74) is 2.98. The summed E-state index contributed by atoms with van der Waals surface area (Å²) in [5.74, 6) is 0.656. The molecule has 0 fully saturated rings. The fourth-order valence-electron chi connectivity index (χ4n) is 5.27. The van der Waals surface area contributed by atoms with E-state index in [1.165, 1.54) is 18.5 Å². The maximum absolute atomic E-state index is 14.0. The maximum Gasteiger partial charge on any atom is 0.305 e. The molecule has 2 atom stereocenters. The van der Waals surface area contributed by atoms with Gasteiger partial charge in [0.2, 0.25) is 5.91 Å². The van der Waals surface area contributed by atoms with E-state index in [0.717, 1.165) is 21.3 Å². The van der Waals surface area contributed by atoms with E-state index in [0.29, 0.717) is 35.3 Å². The highest BCUT2D eigenvalue weighted by Crippen LogP contribution is 2.32. The smallest absolute Gasteiger partial charge is 0.305 e. The van der Waals surface area contributed by atoms with Crippen molar-refractivity contribution < 1.29 is 23.5 Å². The second-order valence-electron chi connectivity index (χ2n) is 11.8. The highest BCUT2D eigenvalue weighted by atomic mass is 19.3. The van der Waals surface area contributed by atoms with Crippen molar-refractivity contribution >= 4 is 11.9 Å². The van der Waals surface area contributed by atoms with Crippen molar-refractivity contribution in [3.05, 3.63) is 86.6 Å². The first-order valence-electron chi connectivity index (χ1n) is 14.5. The van der Waals surface area contributed by atoms with E-state index in [1.807, 2.05) is 64.9 Å². The zero-order chi connectivity index (χ0) is 32.7. The van der Waals surface area contributed by atoms with E-state index in [2.05, 4.69) is 16.2 Å². The molecule has 234 valence electrons. The summed E-state index contributed by atoms with van der Waals surface area (Å²) in [7, 11) is 3.69. The predicted octanol–water partition coefficient (Wildman–Crippen LogP) is 5.47. The number of carbonyl (C=O) groups excluding carboxylic acids is 1. The van der Waals surface area contributed by atoms with Gasteiger partial charge in [0.25, 0.3) is 12.0 Å². The molecule has 1 aromatic carbocycles. The molecule has 3 aromatic rings. The van der Waals surface area contributed by atoms with E-state index in [4.69, 9.17) is 6.42 Å². The first kappa shape index (κ1) is 34.1. The number of carbonyl (C=O) groups is 2. The molecule has 2 aromatic heterocycles. The van der Waals surface area contributed by atoms with E-state index >= 15 is 0 Å². The number of terminal acetylenes is 1. The van der Waals surface area contributed by atoms with Gasteiger partial charge in [-0.1, -0.05) is 32.0 Å². The molecule has 2 N–H and O–H groups in total. The number of hydrogen-bond donors (Lipinski definition) is 2. The van der Waals surface area contributed by atoms with Gasteiger partial charge in [-0.25, -0.2) is 13.8 Å². The SMILES string of the molecule is C#Cc1ncc([C@@H](CC(=O)O)NC(=O)[C@@H](CC(C)C)n2cc(CCN(C)C)cc(C(F)F)c2=O)cc1-c1c(C)cccc1C. The number of pyridine rings is 2. The van der Waals surface area contributed by atoms with Gasteiger partial charge in [0.05, 0.1) is 18.0 Å². The Bertz CT molecular complexity index is 1590. The minimum absolute atomic E-state index is 0.0942. The molecular weight excluding hydrogens is 566 g/mol. The number of carboxylic acid groups (broad SMARTS) is 1. The monoisotopic (exact) mass is 606 g/mol. The fourth-order valence-corrected chi connectivity index (χ4v) is 5.27. The highest BCUT2D eigenvalue weighted by Gasteiger charge is 2.29. The number of rotatable bonds is 13. The average Bonchev–Trinajstić information content (AvgIpc) is 2.94. The lowest BCUT2D eigenvalue weighted by Crippen LogP contribution is -2.41. The topological polar surface area (TPSA) is 105 Å². The first-order valence-corrected chi connectivity index (χ1v) is 14.5. The molecule has 0 radical (unpaired) electrons. The summed E-state index contributed by atoms with van der Waals surface area (Å²) in [6.45, 7) is 8.11. The molecule has 0 spiro atoms. The summed E-state index contributed by atoms with van der Waals surface area (Å²) in [4.78, 5) is 45.5. The first-order chi connectivity index (χ1) is 20.7. The molecule has 0 saturated heterocycles. The largest absolute Gasteiger partial charge is 0.481 e. The van der Waals surface area contributed by atoms with Gasteiger partial charge in [-0.05, 0) is 92.6 Å². The van der Waals surface area contributed by atoms with Crippen molar-refractivity contribution in [2.75, 3.05) is 20.6 Å². The minimum Gasteiger partial charge on any atom is -0.481 e. The van der Waals surface area contributed by atoms with Crippen molar-refractivity contribution in [2.24, 2.45) is 5.92 Å². The number of nitrogens with zero attached hydrogens (tertiary/aromatic N) is 3. The van der Waals surface area contributed by atoms with Crippen molar-refractivity contribution in [2.45, 2.75) is 65.5 Å². The number of aliphatic carboxylic acids is 1. The van der Waals surface area contributed by atoms with Crippen LogP contribution in [0, 0.1) is 32.1 Å². The van der Waals surface area contributed by atoms with Crippen LogP contribution in [0.2, 0.25) is 0 Å². The number of benzene rings is 1. The Hall–Kier alpha value is -4.36. The van der Waals surface area contributed by atoms with Gasteiger partial charge in [0.1, 0.15) is 11.7 Å². The lowest BCUT2D eigenvalue weighted by molar-refractivity contribution is -0.138. The normalized spacial score (nSPS) is 12.8. The van der Waals surface area contributed by atoms with Crippen molar-refractivity contribution in [1.82, 2.24) is 19.8 Å². The molecular formula is C34H40F2N4O4. The van der Waals surface area contributed by atoms with Crippen molar-refractivity contribution in [3.8, 4) is 23.5 Å². The summed E-state index contributed by atoms with van der Waals surface area (Å²) in [5, 5.41) is 12.6. The number of hydrogen-bond acceptors (Lipinski definition) is 5. The number of aryl methyl sites for hydroxylation is 2. The summed E-state index contributed by atoms with van der Waals surface area (Å²) in [6, 6.07) is 6.50. The molecule has 0 saturated carbocycles. The second-order valence-corrected chi connectivity index (χ2v) is 11.8. The summed E-state index contributed by atoms with van der Waals surface area (Å²) >= 11 is 0. The number of amides is 1. The number of carboxylic acids is 1. The van der Waals surface area contributed by atoms with Crippen LogP contribution in [-0.2, 0) is 16.0 Å². The van der Waals surface area contributed by atoms with Gasteiger partial charge < -0.3 is 19.9 Å². The van der Waals surface area contributed by atoms with Crippen LogP contribution in [0.25, 0.3) is 11.1 Å². The zero-order valence-corrected chi connectivity index (χ0v) is 26.0. The van der Waals surface area contributed by atoms with Gasteiger partial charge in [0.15, 0.2) is 0 Å². The van der Waals surface area contributed by atoms with E-state index < -0.39 is 47.9 Å². The molecule has 2 heterocycles. The van der Waals surface area contributed by atoms with Crippen LogP contribution in [-0.4, -0.2) is 52.1 Å². The minimum atomic E-state index is -3.03. The van der Waals surface area contributed by atoms with Gasteiger partial charge >= 0.3 is 5.97 Å². The summed E-state index contributed by atoms with van der Waals surface area (Å²) in [6.07, 6.45) is 5.68. The quantitative estimate of drug-likeness (QED) is 0.250. The number of halogens is 2. The van der Waals surface area contributed by atoms with E-state index in [1.54, 1.807) is 6.07 Å². The van der Waals surface area contributed by atoms with Crippen LogP contribution < -0.4 is 10.9 Å². The van der Waals surface area contributed by atoms with Crippen LogP contribution in [0.15, 0.2) is 47.5 Å². The molecule has 44 heavy (non-hydrogen) atoms. The van der Waals surface area contributed by atoms with Gasteiger partial charge in [-0.15, -0.1) is 6.42 Å². The molecule has 0 aliphatic rings. The van der Waals surface area contributed by atoms with Crippen LogP contribution in [0.5, 0.6) is 0 Å². The Morgan fingerprint density at radius 1 is 1.16 bits per heavy atom. The zero-order valence-electron chi connectivity index (χ0n) is 26.0. The van der Waals surface area contributed by atoms with Gasteiger partial charge in [-0.3, -0.25) is 14.4 Å². The average molecular weight is 607 g/mol. The molecule has 3 rings (SSSR count). The molecule has 0 aliphatic carbocycles. The lowest BCUT2D eigenvalue weighted by atomic mass is 9.92. The standard InChI is InChI=1S/C34H40F2N4O4/c1-8-27-25(31-21(4)10-9-11-22(31)5)16-24(18-37-27)28(17-30(41)42)38-33(43)29(14-20(2)3)40-19-23(12-13-39(6)7)15-26(32(35)36)34(40)44/h1,9-11,15-16,18-20,28-29,32H,12-14,17H2,2-7H3,(H,38,43)(H,41,42)/t28-,29-/m1/s1. The Morgan fingerprint density at radius 3 is 2.36 bits per heavy atom. The fraction of sp³-hybridized carbons (Fsp3) is 0.412. The number of alkyl halides is 2. The third kappa shape index (κ3) is 8.38. The predicted molar refractivity (Wildman–Crippen MR) is 167 cm³/mol. The summed E-state index contributed by atoms with van der Waals surface area (Å²) < 4.78 is 29.0. The van der Waals surface area contributed by atoms with Gasteiger partial charge in [-0.2, -0.15) is 0 Å². The number of nitrogens with one attached hydrogen (secondary N) is 1. The number of aromatic nitrogens is 2. The lowest BCUT2D eigenvalue weighted by Gasteiger charge is -2.26. The molecule has 1 amide bonds. The van der Waals surface area contributed by atoms with Crippen molar-refractivity contribution in [1.29, 1.82) is 0 Å². The third-order valence-electron chi connectivity index (χ3n) is 7.44. The van der Waals surface area contributed by atoms with E-state index in [9.17, 15) is 28.3 Å². The molecule has 8 nitrogen and oxygen atoms in total. The Kier molecular flexibility index (Phi) is 11.5. The Morgan fingerprint density at radius 2 is 1.82 bits per heavy atom. The Balaban J connectivity index is 2.12. The third-order valence-corrected chi connectivity index (χ3v) is 7.44. The van der Waals surface area contributed by atoms with Crippen LogP contribution in [0.4, 0.5) is 8.78 Å². The molecule has 0 bridgehead atoms. The van der Waals surface area contributed by atoms with Crippen molar-refractivity contribution in [3.63, 3.8) is 0 Å². The van der Waals surface area contributed by atoms with Crippen LogP contribution in [0.3, 0.4) is 0 Å². The second kappa shape index (κ2) is 14.9. The van der Waals surface area contributed by atoms with Crippen LogP contribution in [0.1, 0.15) is 78.7 Å². The van der Waals surface area contributed by atoms with Crippen LogP contribution >= 0.6 is 0 Å². The highest BCUT2D eigenvalue weighted by molar-refractivity contribution is 5.82. The van der Waals surface area contributed by atoms with E-state index in [-0.39, 0.29) is 12.3 Å². The molecule has 0 aliphatic heterocycles. The number of likely N-dealkylation sites (N-methyl/N-ethyl adjacent to an activating group) is 1.